The van der Waals surface area contributed by atoms with Crippen LogP contribution in [0.15, 0.2) is 0 Å². The topological polar surface area (TPSA) is 25.1 Å². The first-order chi connectivity index (χ1) is 8.01. The highest BCUT2D eigenvalue weighted by molar-refractivity contribution is 4.87. The molecule has 1 heterocycles. The van der Waals surface area contributed by atoms with Crippen molar-refractivity contribution in [1.82, 2.24) is 0 Å². The molecule has 0 saturated carbocycles. The normalized spacial score (nSPS) is 20.0. The fourth-order valence-electron chi connectivity index (χ4n) is 2.21. The summed E-state index contributed by atoms with van der Waals surface area (Å²) in [6, 6.07) is 0. The molecule has 2 heteroatoms. The van der Waals surface area contributed by atoms with Crippen molar-refractivity contribution in [2.45, 2.75) is 80.9 Å². The third-order valence-corrected chi connectivity index (χ3v) is 5.56. The van der Waals surface area contributed by atoms with Crippen molar-refractivity contribution in [3.63, 3.8) is 0 Å². The zero-order valence-corrected chi connectivity index (χ0v) is 13.6. The Morgan fingerprint density at radius 2 is 1.44 bits per heavy atom. The van der Waals surface area contributed by atoms with Gasteiger partial charge in [0.2, 0.25) is 6.29 Å². The van der Waals surface area contributed by atoms with Gasteiger partial charge in [0.05, 0.1) is 0 Å². The van der Waals surface area contributed by atoms with Gasteiger partial charge in [-0.05, 0) is 29.1 Å². The first-order valence-electron chi connectivity index (χ1n) is 7.33. The first kappa shape index (κ1) is 16.0. The Morgan fingerprint density at radius 1 is 0.944 bits per heavy atom. The van der Waals surface area contributed by atoms with Gasteiger partial charge in [-0.1, -0.05) is 61.8 Å². The predicted molar refractivity (Wildman–Crippen MR) is 76.0 cm³/mol. The largest absolute Gasteiger partial charge is 0.227 e. The Hall–Kier alpha value is -0.0800. The molecule has 1 aliphatic heterocycles. The smallest absolute Gasteiger partial charge is 0.198 e. The zero-order chi connectivity index (χ0) is 14.2. The SMILES string of the molecule is CCC(C)(C)C(CCC(C)(C)C(C)(C)C)C1OO1. The van der Waals surface area contributed by atoms with Crippen molar-refractivity contribution in [3.8, 4) is 0 Å². The van der Waals surface area contributed by atoms with Crippen molar-refractivity contribution in [2.24, 2.45) is 22.2 Å². The minimum Gasteiger partial charge on any atom is -0.198 e. The van der Waals surface area contributed by atoms with Crippen LogP contribution in [0.4, 0.5) is 0 Å². The minimum atomic E-state index is 0.0377. The average molecular weight is 256 g/mol. The average Bonchev–Trinajstić information content (AvgIpc) is 3.00. The molecule has 0 radical (unpaired) electrons. The van der Waals surface area contributed by atoms with E-state index in [2.05, 4.69) is 55.4 Å². The van der Waals surface area contributed by atoms with Gasteiger partial charge in [-0.25, -0.2) is 0 Å². The molecule has 0 N–H and O–H groups in total. The van der Waals surface area contributed by atoms with E-state index in [9.17, 15) is 0 Å². The fourth-order valence-corrected chi connectivity index (χ4v) is 2.21. The van der Waals surface area contributed by atoms with Gasteiger partial charge in [0.15, 0.2) is 0 Å². The number of hydrogen-bond donors (Lipinski definition) is 0. The van der Waals surface area contributed by atoms with Gasteiger partial charge in [-0.2, -0.15) is 9.78 Å². The van der Waals surface area contributed by atoms with Crippen molar-refractivity contribution < 1.29 is 9.78 Å². The summed E-state index contributed by atoms with van der Waals surface area (Å²) in [6.07, 6.45) is 3.59. The van der Waals surface area contributed by atoms with Crippen LogP contribution in [0, 0.1) is 22.2 Å². The molecule has 1 unspecified atom stereocenters. The lowest BCUT2D eigenvalue weighted by atomic mass is 9.64. The highest BCUT2D eigenvalue weighted by Gasteiger charge is 2.45. The van der Waals surface area contributed by atoms with E-state index >= 15 is 0 Å². The molecular weight excluding hydrogens is 224 g/mol. The molecule has 18 heavy (non-hydrogen) atoms. The molecule has 0 amide bonds. The quantitative estimate of drug-likeness (QED) is 0.483. The van der Waals surface area contributed by atoms with Gasteiger partial charge in [0.25, 0.3) is 0 Å². The van der Waals surface area contributed by atoms with E-state index in [1.807, 2.05) is 0 Å². The van der Waals surface area contributed by atoms with E-state index < -0.39 is 0 Å². The van der Waals surface area contributed by atoms with Crippen molar-refractivity contribution in [1.29, 1.82) is 0 Å². The second-order valence-electron chi connectivity index (χ2n) is 8.18. The highest BCUT2D eigenvalue weighted by Crippen LogP contribution is 2.47. The third kappa shape index (κ3) is 3.71. The molecule has 0 aromatic carbocycles. The van der Waals surface area contributed by atoms with Crippen LogP contribution in [0.1, 0.15) is 74.7 Å². The molecule has 1 atom stereocenters. The molecule has 0 spiro atoms. The van der Waals surface area contributed by atoms with Gasteiger partial charge < -0.3 is 0 Å². The molecule has 0 aromatic heterocycles. The van der Waals surface area contributed by atoms with E-state index in [1.165, 1.54) is 12.8 Å². The van der Waals surface area contributed by atoms with Crippen molar-refractivity contribution >= 4 is 0 Å². The molecule has 0 bridgehead atoms. The van der Waals surface area contributed by atoms with Crippen LogP contribution in [0.2, 0.25) is 0 Å². The van der Waals surface area contributed by atoms with Crippen LogP contribution in [0.5, 0.6) is 0 Å². The summed E-state index contributed by atoms with van der Waals surface area (Å²) in [7, 11) is 0. The molecule has 108 valence electrons. The lowest BCUT2D eigenvalue weighted by Crippen LogP contribution is -2.33. The molecule has 0 aromatic rings. The van der Waals surface area contributed by atoms with Crippen LogP contribution < -0.4 is 0 Å². The predicted octanol–water partition coefficient (Wildman–Crippen LogP) is 5.18. The minimum absolute atomic E-state index is 0.0377. The van der Waals surface area contributed by atoms with E-state index in [1.54, 1.807) is 0 Å². The monoisotopic (exact) mass is 256 g/mol. The molecule has 2 nitrogen and oxygen atoms in total. The van der Waals surface area contributed by atoms with Crippen LogP contribution >= 0.6 is 0 Å². The Bertz CT molecular complexity index is 269. The van der Waals surface area contributed by atoms with Crippen LogP contribution in [0.25, 0.3) is 0 Å². The van der Waals surface area contributed by atoms with E-state index in [-0.39, 0.29) is 11.7 Å². The highest BCUT2D eigenvalue weighted by atomic mass is 17.4. The van der Waals surface area contributed by atoms with Gasteiger partial charge in [0.1, 0.15) is 0 Å². The van der Waals surface area contributed by atoms with E-state index in [4.69, 9.17) is 9.78 Å². The Morgan fingerprint density at radius 3 is 1.78 bits per heavy atom. The molecule has 1 fully saturated rings. The molecule has 0 aliphatic carbocycles. The van der Waals surface area contributed by atoms with Crippen molar-refractivity contribution in [3.05, 3.63) is 0 Å². The Balaban J connectivity index is 2.64. The maximum absolute atomic E-state index is 5.11. The van der Waals surface area contributed by atoms with Gasteiger partial charge in [-0.3, -0.25) is 0 Å². The fraction of sp³-hybridized carbons (Fsp3) is 1.00. The summed E-state index contributed by atoms with van der Waals surface area (Å²) in [4.78, 5) is 10.2. The lowest BCUT2D eigenvalue weighted by molar-refractivity contribution is 0.0778. The summed E-state index contributed by atoms with van der Waals surface area (Å²) in [6.45, 7) is 18.6. The van der Waals surface area contributed by atoms with Gasteiger partial charge in [-0.15, -0.1) is 0 Å². The lowest BCUT2D eigenvalue weighted by Gasteiger charge is -2.41. The number of hydrogen-bond acceptors (Lipinski definition) is 2. The second kappa shape index (κ2) is 5.13. The molecule has 1 aliphatic rings. The summed E-state index contributed by atoms with van der Waals surface area (Å²) in [5.74, 6) is 0.504. The Kier molecular flexibility index (Phi) is 4.55. The van der Waals surface area contributed by atoms with Crippen LogP contribution in [-0.2, 0) is 9.78 Å². The maximum Gasteiger partial charge on any atom is 0.227 e. The summed E-state index contributed by atoms with van der Waals surface area (Å²) in [5.41, 5.74) is 0.957. The summed E-state index contributed by atoms with van der Waals surface area (Å²) < 4.78 is 0. The van der Waals surface area contributed by atoms with Crippen molar-refractivity contribution in [2.75, 3.05) is 0 Å². The third-order valence-electron chi connectivity index (χ3n) is 5.56. The molecular formula is C16H32O2. The molecule has 1 rings (SSSR count). The molecule has 1 saturated heterocycles. The second-order valence-corrected chi connectivity index (χ2v) is 8.18. The van der Waals surface area contributed by atoms with Crippen LogP contribution in [0.3, 0.4) is 0 Å². The van der Waals surface area contributed by atoms with E-state index in [0.29, 0.717) is 16.7 Å². The summed E-state index contributed by atoms with van der Waals surface area (Å²) in [5, 5.41) is 0. The van der Waals surface area contributed by atoms with E-state index in [0.717, 1.165) is 6.42 Å². The maximum atomic E-state index is 5.11. The van der Waals surface area contributed by atoms with Gasteiger partial charge in [0, 0.05) is 5.92 Å². The number of rotatable bonds is 6. The Labute approximate surface area is 113 Å². The summed E-state index contributed by atoms with van der Waals surface area (Å²) >= 11 is 0. The first-order valence-corrected chi connectivity index (χ1v) is 7.33. The standard InChI is InChI=1S/C16H32O2/c1-9-15(5,6)12(13-17-18-13)10-11-16(7,8)14(2,3)4/h12-13H,9-11H2,1-8H3. The zero-order valence-electron chi connectivity index (χ0n) is 13.6. The van der Waals surface area contributed by atoms with Gasteiger partial charge >= 0.3 is 0 Å². The van der Waals surface area contributed by atoms with Crippen LogP contribution in [-0.4, -0.2) is 6.29 Å².